The summed E-state index contributed by atoms with van der Waals surface area (Å²) in [6, 6.07) is 6.56. The van der Waals surface area contributed by atoms with E-state index in [0.29, 0.717) is 11.4 Å². The summed E-state index contributed by atoms with van der Waals surface area (Å²) in [5, 5.41) is 12.5. The Hall–Kier alpha value is -2.49. The number of imidazole rings is 1. The van der Waals surface area contributed by atoms with E-state index in [9.17, 15) is 14.7 Å². The fraction of sp³-hybridized carbons (Fsp3) is 0.188. The van der Waals surface area contributed by atoms with Gasteiger partial charge in [0, 0.05) is 41.3 Å². The molecule has 1 aliphatic heterocycles. The maximum Gasteiger partial charge on any atom is 1.00 e. The minimum atomic E-state index is -1.28. The monoisotopic (exact) mass is 316 g/mol. The minimum absolute atomic E-state index is 0. The first-order chi connectivity index (χ1) is 11.1. The predicted octanol–water partition coefficient (Wildman–Crippen LogP) is -2.79. The predicted molar refractivity (Wildman–Crippen MR) is 79.3 cm³/mol. The molecule has 1 aliphatic rings. The number of H-pyrrole nitrogens is 2. The van der Waals surface area contributed by atoms with Crippen LogP contribution in [0.2, 0.25) is 0 Å². The molecule has 0 saturated carbocycles. The van der Waals surface area contributed by atoms with Gasteiger partial charge in [-0.2, -0.15) is 0 Å². The van der Waals surface area contributed by atoms with Crippen molar-refractivity contribution >= 4 is 22.8 Å². The molecule has 0 saturated heterocycles. The van der Waals surface area contributed by atoms with Crippen molar-refractivity contribution in [2.75, 3.05) is 0 Å². The number of carbonyl (C=O) groups excluding carboxylic acids is 2. The van der Waals surface area contributed by atoms with Gasteiger partial charge < -0.3 is 24.8 Å². The van der Waals surface area contributed by atoms with Crippen LogP contribution in [0.3, 0.4) is 0 Å². The Morgan fingerprint density at radius 3 is 2.88 bits per heavy atom. The van der Waals surface area contributed by atoms with Crippen LogP contribution >= 0.6 is 0 Å². The molecular formula is C16H13LiN4O3. The van der Waals surface area contributed by atoms with Crippen molar-refractivity contribution in [3.63, 3.8) is 0 Å². The summed E-state index contributed by atoms with van der Waals surface area (Å²) in [5.41, 5.74) is 2.82. The van der Waals surface area contributed by atoms with Crippen LogP contribution in [0.15, 0.2) is 36.8 Å². The topological polar surface area (TPSA) is 105 Å². The van der Waals surface area contributed by atoms with Gasteiger partial charge >= 0.3 is 18.9 Å². The zero-order chi connectivity index (χ0) is 16.0. The molecule has 1 atom stereocenters. The molecule has 8 heteroatoms. The molecule has 4 rings (SSSR count). The number of hydrogen-bond acceptors (Lipinski definition) is 4. The van der Waals surface area contributed by atoms with E-state index in [1.807, 2.05) is 24.3 Å². The van der Waals surface area contributed by atoms with Crippen LogP contribution < -0.4 is 24.0 Å². The Labute approximate surface area is 149 Å². The van der Waals surface area contributed by atoms with E-state index in [4.69, 9.17) is 0 Å². The second-order valence-electron chi connectivity index (χ2n) is 5.57. The van der Waals surface area contributed by atoms with Crippen molar-refractivity contribution in [3.8, 4) is 0 Å². The third-order valence-electron chi connectivity index (χ3n) is 4.23. The summed E-state index contributed by atoms with van der Waals surface area (Å²) in [6.45, 7) is 0.255. The van der Waals surface area contributed by atoms with E-state index in [1.54, 1.807) is 6.20 Å². The first-order valence-electron chi connectivity index (χ1n) is 7.24. The van der Waals surface area contributed by atoms with Crippen LogP contribution in [0.4, 0.5) is 0 Å². The van der Waals surface area contributed by atoms with E-state index < -0.39 is 12.0 Å². The molecule has 116 valence electrons. The van der Waals surface area contributed by atoms with Gasteiger partial charge in [-0.15, -0.1) is 0 Å². The summed E-state index contributed by atoms with van der Waals surface area (Å²) in [4.78, 5) is 35.3. The van der Waals surface area contributed by atoms with Crippen molar-refractivity contribution in [2.45, 2.75) is 19.0 Å². The third-order valence-corrected chi connectivity index (χ3v) is 4.23. The van der Waals surface area contributed by atoms with Crippen LogP contribution in [0.1, 0.15) is 21.7 Å². The number of nitrogens with zero attached hydrogens (tertiary/aromatic N) is 2. The van der Waals surface area contributed by atoms with Crippen molar-refractivity contribution in [3.05, 3.63) is 53.7 Å². The fourth-order valence-corrected chi connectivity index (χ4v) is 3.11. The van der Waals surface area contributed by atoms with Gasteiger partial charge in [0.25, 0.3) is 5.91 Å². The Bertz CT molecular complexity index is 903. The van der Waals surface area contributed by atoms with Gasteiger partial charge in [0.15, 0.2) is 0 Å². The van der Waals surface area contributed by atoms with Gasteiger partial charge in [-0.1, -0.05) is 18.2 Å². The van der Waals surface area contributed by atoms with Crippen molar-refractivity contribution < 1.29 is 33.6 Å². The Balaban J connectivity index is 0.00000169. The van der Waals surface area contributed by atoms with E-state index in [1.165, 1.54) is 11.2 Å². The number of aliphatic carboxylic acids is 1. The molecule has 24 heavy (non-hydrogen) atoms. The van der Waals surface area contributed by atoms with Crippen LogP contribution in [0, 0.1) is 0 Å². The number of aromatic nitrogens is 3. The number of carbonyl (C=O) groups is 2. The molecule has 3 aromatic rings. The zero-order valence-electron chi connectivity index (χ0n) is 13.1. The molecule has 0 fully saturated rings. The normalized spacial score (nSPS) is 14.5. The maximum absolute atomic E-state index is 12.6. The standard InChI is InChI=1S/C16H14N4O3.Li/c21-15-14-11(10-3-1-2-4-12(10)19-14)7-20(15)13(16(22)23)5-9-6-17-8-18-9;/h1-4,6,8,13,19H,5,7H2,(H,17,18)(H,22,23);/q;+1/p-1/t13-;/m0./s1. The molecule has 2 aromatic heterocycles. The number of carboxylic acid groups (broad SMARTS) is 1. The number of carboxylic acids is 1. The van der Waals surface area contributed by atoms with E-state index in [-0.39, 0.29) is 37.7 Å². The van der Waals surface area contributed by atoms with Gasteiger partial charge in [-0.25, -0.2) is 4.98 Å². The van der Waals surface area contributed by atoms with Gasteiger partial charge in [0.05, 0.1) is 18.3 Å². The van der Waals surface area contributed by atoms with Crippen molar-refractivity contribution in [2.24, 2.45) is 0 Å². The van der Waals surface area contributed by atoms with Gasteiger partial charge in [0.2, 0.25) is 0 Å². The second kappa shape index (κ2) is 6.19. The number of aromatic amines is 2. The number of benzene rings is 1. The molecule has 0 unspecified atom stereocenters. The number of nitrogens with one attached hydrogen (secondary N) is 2. The maximum atomic E-state index is 12.6. The fourth-order valence-electron chi connectivity index (χ4n) is 3.11. The third kappa shape index (κ3) is 2.52. The average Bonchev–Trinajstić information content (AvgIpc) is 3.23. The Morgan fingerprint density at radius 2 is 2.17 bits per heavy atom. The van der Waals surface area contributed by atoms with Gasteiger partial charge in [-0.05, 0) is 6.07 Å². The molecular weight excluding hydrogens is 303 g/mol. The number of fused-ring (bicyclic) bond motifs is 3. The van der Waals surface area contributed by atoms with E-state index >= 15 is 0 Å². The zero-order valence-corrected chi connectivity index (χ0v) is 13.1. The smallest absolute Gasteiger partial charge is 0.548 e. The first-order valence-corrected chi connectivity index (χ1v) is 7.24. The molecule has 0 radical (unpaired) electrons. The van der Waals surface area contributed by atoms with Crippen molar-refractivity contribution in [1.82, 2.24) is 19.9 Å². The van der Waals surface area contributed by atoms with Gasteiger partial charge in [0.1, 0.15) is 5.69 Å². The largest absolute Gasteiger partial charge is 1.00 e. The Kier molecular flexibility index (Phi) is 4.22. The van der Waals surface area contributed by atoms with Gasteiger partial charge in [-0.3, -0.25) is 4.79 Å². The van der Waals surface area contributed by atoms with Crippen LogP contribution in [0.5, 0.6) is 0 Å². The second-order valence-corrected chi connectivity index (χ2v) is 5.57. The molecule has 3 heterocycles. The number of hydrogen-bond donors (Lipinski definition) is 2. The summed E-state index contributed by atoms with van der Waals surface area (Å²) in [5.74, 6) is -1.59. The first kappa shape index (κ1) is 16.4. The summed E-state index contributed by atoms with van der Waals surface area (Å²) in [6.07, 6.45) is 3.16. The van der Waals surface area contributed by atoms with Crippen LogP contribution in [-0.2, 0) is 17.8 Å². The average molecular weight is 316 g/mol. The number of para-hydroxylation sites is 1. The summed E-state index contributed by atoms with van der Waals surface area (Å²) < 4.78 is 0. The minimum Gasteiger partial charge on any atom is -0.548 e. The molecule has 1 aromatic carbocycles. The summed E-state index contributed by atoms with van der Waals surface area (Å²) in [7, 11) is 0. The van der Waals surface area contributed by atoms with E-state index in [2.05, 4.69) is 15.0 Å². The van der Waals surface area contributed by atoms with Crippen molar-refractivity contribution in [1.29, 1.82) is 0 Å². The summed E-state index contributed by atoms with van der Waals surface area (Å²) >= 11 is 0. The molecule has 7 nitrogen and oxygen atoms in total. The Morgan fingerprint density at radius 1 is 1.38 bits per heavy atom. The van der Waals surface area contributed by atoms with E-state index in [0.717, 1.165) is 16.5 Å². The van der Waals surface area contributed by atoms with Crippen LogP contribution in [0.25, 0.3) is 10.9 Å². The quantitative estimate of drug-likeness (QED) is 0.508. The van der Waals surface area contributed by atoms with Crippen LogP contribution in [-0.4, -0.2) is 37.8 Å². The molecule has 0 bridgehead atoms. The molecule has 0 spiro atoms. The SMILES string of the molecule is O=C([O-])[C@H](Cc1cnc[nH]1)N1Cc2c([nH]c3ccccc23)C1=O.[Li+]. The molecule has 0 aliphatic carbocycles. The molecule has 1 amide bonds. The number of amides is 1. The number of rotatable bonds is 4. The molecule has 2 N–H and O–H groups in total.